The van der Waals surface area contributed by atoms with Crippen LogP contribution in [-0.4, -0.2) is 24.3 Å². The molecular weight excluding hydrogens is 397 g/mol. The van der Waals surface area contributed by atoms with Gasteiger partial charge in [0.15, 0.2) is 12.4 Å². The van der Waals surface area contributed by atoms with Crippen LogP contribution >= 0.6 is 11.6 Å². The SMILES string of the molecule is O=C(COC(=O)c1cc(Cl)ccc1F)c1ccc(NC(=O)c2ccccc2)cc1. The normalized spacial score (nSPS) is 10.3. The number of hydrogen-bond acceptors (Lipinski definition) is 4. The lowest BCUT2D eigenvalue weighted by Gasteiger charge is -2.08. The van der Waals surface area contributed by atoms with Gasteiger partial charge in [0.1, 0.15) is 5.82 Å². The Morgan fingerprint density at radius 2 is 1.59 bits per heavy atom. The third-order valence-corrected chi connectivity index (χ3v) is 4.22. The predicted molar refractivity (Wildman–Crippen MR) is 107 cm³/mol. The molecule has 1 amide bonds. The van der Waals surface area contributed by atoms with Gasteiger partial charge in [0.05, 0.1) is 5.56 Å². The van der Waals surface area contributed by atoms with Crippen molar-refractivity contribution in [1.29, 1.82) is 0 Å². The summed E-state index contributed by atoms with van der Waals surface area (Å²) >= 11 is 5.74. The van der Waals surface area contributed by atoms with Crippen LogP contribution in [0.5, 0.6) is 0 Å². The van der Waals surface area contributed by atoms with E-state index in [4.69, 9.17) is 16.3 Å². The van der Waals surface area contributed by atoms with Crippen LogP contribution in [0, 0.1) is 5.82 Å². The standard InChI is InChI=1S/C22H15ClFNO4/c23-16-8-11-19(24)18(12-16)22(28)29-13-20(26)14-6-9-17(10-7-14)25-21(27)15-4-2-1-3-5-15/h1-12H,13H2,(H,25,27). The van der Waals surface area contributed by atoms with Crippen LogP contribution in [0.1, 0.15) is 31.1 Å². The van der Waals surface area contributed by atoms with Gasteiger partial charge in [-0.05, 0) is 54.6 Å². The molecule has 0 saturated carbocycles. The first-order chi connectivity index (χ1) is 13.9. The fourth-order valence-corrected chi connectivity index (χ4v) is 2.65. The summed E-state index contributed by atoms with van der Waals surface area (Å²) in [6.07, 6.45) is 0. The molecule has 0 atom stereocenters. The van der Waals surface area contributed by atoms with Crippen LogP contribution in [0.15, 0.2) is 72.8 Å². The molecule has 3 aromatic carbocycles. The molecule has 7 heteroatoms. The summed E-state index contributed by atoms with van der Waals surface area (Å²) in [6.45, 7) is -0.555. The zero-order chi connectivity index (χ0) is 20.8. The number of esters is 1. The first-order valence-electron chi connectivity index (χ1n) is 8.56. The third kappa shape index (κ3) is 5.27. The van der Waals surface area contributed by atoms with E-state index in [2.05, 4.69) is 5.32 Å². The molecule has 0 aromatic heterocycles. The Labute approximate surface area is 171 Å². The number of ether oxygens (including phenoxy) is 1. The van der Waals surface area contributed by atoms with Gasteiger partial charge >= 0.3 is 5.97 Å². The van der Waals surface area contributed by atoms with E-state index in [9.17, 15) is 18.8 Å². The number of carbonyl (C=O) groups excluding carboxylic acids is 3. The number of hydrogen-bond donors (Lipinski definition) is 1. The molecule has 0 heterocycles. The van der Waals surface area contributed by atoms with Crippen molar-refractivity contribution in [3.63, 3.8) is 0 Å². The Bertz CT molecular complexity index is 1050. The first kappa shape index (κ1) is 20.2. The smallest absolute Gasteiger partial charge is 0.341 e. The summed E-state index contributed by atoms with van der Waals surface area (Å²) in [5.74, 6) is -2.51. The van der Waals surface area contributed by atoms with Crippen molar-refractivity contribution in [2.75, 3.05) is 11.9 Å². The highest BCUT2D eigenvalue weighted by molar-refractivity contribution is 6.30. The minimum absolute atomic E-state index is 0.179. The van der Waals surface area contributed by atoms with Crippen LogP contribution in [0.2, 0.25) is 5.02 Å². The zero-order valence-electron chi connectivity index (χ0n) is 15.0. The lowest BCUT2D eigenvalue weighted by Crippen LogP contribution is -2.15. The quantitative estimate of drug-likeness (QED) is 0.468. The van der Waals surface area contributed by atoms with Crippen molar-refractivity contribution in [1.82, 2.24) is 0 Å². The van der Waals surface area contributed by atoms with E-state index < -0.39 is 24.2 Å². The molecule has 0 aliphatic carbocycles. The number of anilines is 1. The largest absolute Gasteiger partial charge is 0.454 e. The monoisotopic (exact) mass is 411 g/mol. The number of ketones is 1. The molecule has 0 radical (unpaired) electrons. The van der Waals surface area contributed by atoms with Gasteiger partial charge in [-0.2, -0.15) is 0 Å². The van der Waals surface area contributed by atoms with Crippen LogP contribution in [0.3, 0.4) is 0 Å². The second-order valence-electron chi connectivity index (χ2n) is 6.02. The second-order valence-corrected chi connectivity index (χ2v) is 6.46. The molecule has 3 aromatic rings. The number of rotatable bonds is 6. The lowest BCUT2D eigenvalue weighted by molar-refractivity contribution is 0.0470. The minimum Gasteiger partial charge on any atom is -0.454 e. The van der Waals surface area contributed by atoms with E-state index in [1.165, 1.54) is 18.2 Å². The van der Waals surface area contributed by atoms with Crippen molar-refractivity contribution in [3.05, 3.63) is 100 Å². The number of halogens is 2. The van der Waals surface area contributed by atoms with Gasteiger partial charge in [-0.15, -0.1) is 0 Å². The maximum Gasteiger partial charge on any atom is 0.341 e. The van der Waals surface area contributed by atoms with Crippen LogP contribution in [-0.2, 0) is 4.74 Å². The van der Waals surface area contributed by atoms with E-state index in [0.717, 1.165) is 12.1 Å². The topological polar surface area (TPSA) is 72.5 Å². The number of nitrogens with one attached hydrogen (secondary N) is 1. The number of amides is 1. The summed E-state index contributed by atoms with van der Waals surface area (Å²) in [5, 5.41) is 2.90. The zero-order valence-corrected chi connectivity index (χ0v) is 15.8. The summed E-state index contributed by atoms with van der Waals surface area (Å²) in [4.78, 5) is 36.3. The average molecular weight is 412 g/mol. The van der Waals surface area contributed by atoms with Crippen molar-refractivity contribution in [2.45, 2.75) is 0 Å². The third-order valence-electron chi connectivity index (χ3n) is 3.98. The summed E-state index contributed by atoms with van der Waals surface area (Å²) in [7, 11) is 0. The van der Waals surface area contributed by atoms with Crippen molar-refractivity contribution in [2.24, 2.45) is 0 Å². The first-order valence-corrected chi connectivity index (χ1v) is 8.93. The second kappa shape index (κ2) is 9.12. The molecule has 0 unspecified atom stereocenters. The Balaban J connectivity index is 1.58. The summed E-state index contributed by atoms with van der Waals surface area (Å²) in [5.41, 5.74) is 0.951. The fraction of sp³-hybridized carbons (Fsp3) is 0.0455. The number of benzene rings is 3. The molecule has 0 fully saturated rings. The number of Topliss-reactive ketones (excluding diaryl/α,β-unsaturated/α-hetero) is 1. The van der Waals surface area contributed by atoms with Crippen molar-refractivity contribution < 1.29 is 23.5 Å². The molecule has 0 aliphatic heterocycles. The molecule has 0 bridgehead atoms. The molecular formula is C22H15ClFNO4. The van der Waals surface area contributed by atoms with E-state index in [1.807, 2.05) is 6.07 Å². The Kier molecular flexibility index (Phi) is 6.36. The highest BCUT2D eigenvalue weighted by Gasteiger charge is 2.16. The maximum atomic E-state index is 13.7. The van der Waals surface area contributed by atoms with Gasteiger partial charge < -0.3 is 10.1 Å². The fourth-order valence-electron chi connectivity index (χ4n) is 2.48. The van der Waals surface area contributed by atoms with E-state index >= 15 is 0 Å². The molecule has 0 saturated heterocycles. The minimum atomic E-state index is -0.981. The molecule has 146 valence electrons. The van der Waals surface area contributed by atoms with Gasteiger partial charge in [0, 0.05) is 21.8 Å². The summed E-state index contributed by atoms with van der Waals surface area (Å²) in [6, 6.07) is 18.3. The Morgan fingerprint density at radius 1 is 0.897 bits per heavy atom. The van der Waals surface area contributed by atoms with Gasteiger partial charge in [0.2, 0.25) is 0 Å². The van der Waals surface area contributed by atoms with Gasteiger partial charge in [0.25, 0.3) is 5.91 Å². The van der Waals surface area contributed by atoms with E-state index in [0.29, 0.717) is 11.3 Å². The highest BCUT2D eigenvalue weighted by atomic mass is 35.5. The van der Waals surface area contributed by atoms with Gasteiger partial charge in [-0.1, -0.05) is 29.8 Å². The van der Waals surface area contributed by atoms with E-state index in [-0.39, 0.29) is 22.1 Å². The maximum absolute atomic E-state index is 13.7. The summed E-state index contributed by atoms with van der Waals surface area (Å²) < 4.78 is 18.5. The molecule has 29 heavy (non-hydrogen) atoms. The molecule has 5 nitrogen and oxygen atoms in total. The average Bonchev–Trinajstić information content (AvgIpc) is 2.74. The highest BCUT2D eigenvalue weighted by Crippen LogP contribution is 2.16. The lowest BCUT2D eigenvalue weighted by atomic mass is 10.1. The number of carbonyl (C=O) groups is 3. The predicted octanol–water partition coefficient (Wildman–Crippen LogP) is 4.77. The molecule has 0 spiro atoms. The van der Waals surface area contributed by atoms with Gasteiger partial charge in [-0.3, -0.25) is 9.59 Å². The van der Waals surface area contributed by atoms with Crippen LogP contribution in [0.4, 0.5) is 10.1 Å². The molecule has 0 aliphatic rings. The Morgan fingerprint density at radius 3 is 2.28 bits per heavy atom. The van der Waals surface area contributed by atoms with Crippen LogP contribution in [0.25, 0.3) is 0 Å². The van der Waals surface area contributed by atoms with E-state index in [1.54, 1.807) is 36.4 Å². The van der Waals surface area contributed by atoms with Crippen molar-refractivity contribution >= 4 is 34.9 Å². The molecule has 3 rings (SSSR count). The molecule has 1 N–H and O–H groups in total. The van der Waals surface area contributed by atoms with Crippen LogP contribution < -0.4 is 5.32 Å². The Hall–Kier alpha value is -3.51. The van der Waals surface area contributed by atoms with Crippen molar-refractivity contribution in [3.8, 4) is 0 Å². The van der Waals surface area contributed by atoms with Gasteiger partial charge in [-0.25, -0.2) is 9.18 Å².